The molecule has 0 spiro atoms. The quantitative estimate of drug-likeness (QED) is 0.399. The average molecular weight is 235 g/mol. The summed E-state index contributed by atoms with van der Waals surface area (Å²) in [5.74, 6) is -0.233. The first-order valence-electron chi connectivity index (χ1n) is 4.56. The van der Waals surface area contributed by atoms with E-state index < -0.39 is 4.84 Å². The van der Waals surface area contributed by atoms with Gasteiger partial charge in [0.25, 0.3) is 0 Å². The summed E-state index contributed by atoms with van der Waals surface area (Å²) < 4.78 is 0. The summed E-state index contributed by atoms with van der Waals surface area (Å²) in [4.78, 5) is 10.2. The zero-order chi connectivity index (χ0) is 11.1. The second kappa shape index (κ2) is 7.08. The lowest BCUT2D eigenvalue weighted by molar-refractivity contribution is -0.113. The minimum Gasteiger partial charge on any atom is -0.292 e. The van der Waals surface area contributed by atoms with Gasteiger partial charge in [-0.25, -0.2) is 0 Å². The molecule has 3 heteroatoms. The summed E-state index contributed by atoms with van der Waals surface area (Å²) in [5, 5.41) is 0. The summed E-state index contributed by atoms with van der Waals surface area (Å²) >= 11 is 10.8. The molecule has 0 heterocycles. The molecule has 0 aromatic carbocycles. The molecule has 0 amide bonds. The van der Waals surface area contributed by atoms with E-state index in [0.29, 0.717) is 0 Å². The number of ketones is 1. The van der Waals surface area contributed by atoms with Gasteiger partial charge in [-0.3, -0.25) is 4.79 Å². The van der Waals surface area contributed by atoms with Gasteiger partial charge in [-0.15, -0.1) is 0 Å². The van der Waals surface area contributed by atoms with Gasteiger partial charge in [-0.1, -0.05) is 40.4 Å². The minimum atomic E-state index is -0.937. The molecule has 0 aliphatic heterocycles. The Kier molecular flexibility index (Phi) is 6.94. The molecule has 1 nitrogen and oxygen atoms in total. The Hall–Kier alpha value is -0.270. The number of hydrogen-bond donors (Lipinski definition) is 0. The van der Waals surface area contributed by atoms with Crippen LogP contribution in [-0.4, -0.2) is 10.6 Å². The predicted molar refractivity (Wildman–Crippen MR) is 62.9 cm³/mol. The van der Waals surface area contributed by atoms with Gasteiger partial charge in [0, 0.05) is 0 Å². The molecule has 0 bridgehead atoms. The first-order chi connectivity index (χ1) is 6.43. The maximum atomic E-state index is 11.1. The van der Waals surface area contributed by atoms with Crippen molar-refractivity contribution in [3.63, 3.8) is 0 Å². The third-order valence-electron chi connectivity index (χ3n) is 1.69. The molecule has 80 valence electrons. The van der Waals surface area contributed by atoms with Crippen LogP contribution in [0, 0.1) is 0 Å². The van der Waals surface area contributed by atoms with Crippen LogP contribution in [0.25, 0.3) is 0 Å². The van der Waals surface area contributed by atoms with Crippen LogP contribution in [0.4, 0.5) is 0 Å². The van der Waals surface area contributed by atoms with Crippen molar-refractivity contribution in [2.24, 2.45) is 0 Å². The molecule has 0 rings (SSSR count). The van der Waals surface area contributed by atoms with Crippen LogP contribution in [0.3, 0.4) is 0 Å². The molecular weight excluding hydrogens is 219 g/mol. The zero-order valence-electron chi connectivity index (χ0n) is 8.81. The molecule has 14 heavy (non-hydrogen) atoms. The van der Waals surface area contributed by atoms with Gasteiger partial charge in [-0.05, 0) is 39.7 Å². The fourth-order valence-electron chi connectivity index (χ4n) is 0.967. The van der Waals surface area contributed by atoms with Crippen molar-refractivity contribution in [2.45, 2.75) is 38.4 Å². The highest BCUT2D eigenvalue weighted by Crippen LogP contribution is 2.10. The molecule has 0 aliphatic rings. The molecule has 0 atom stereocenters. The monoisotopic (exact) mass is 234 g/mol. The summed E-state index contributed by atoms with van der Waals surface area (Å²) in [5.41, 5.74) is 2.30. The third-order valence-corrected chi connectivity index (χ3v) is 2.13. The first kappa shape index (κ1) is 13.7. The Balaban J connectivity index is 4.02. The standard InChI is InChI=1S/C11H16Cl2O/c1-8(2)5-4-6-9(3)7-10(14)11(12)13/h5,7,11H,4,6H2,1-3H3. The van der Waals surface area contributed by atoms with Crippen molar-refractivity contribution in [1.29, 1.82) is 0 Å². The van der Waals surface area contributed by atoms with E-state index in [-0.39, 0.29) is 5.78 Å². The van der Waals surface area contributed by atoms with Crippen LogP contribution in [0.2, 0.25) is 0 Å². The first-order valence-corrected chi connectivity index (χ1v) is 5.43. The fraction of sp³-hybridized carbons (Fsp3) is 0.545. The van der Waals surface area contributed by atoms with Crippen molar-refractivity contribution in [3.8, 4) is 0 Å². The molecule has 0 unspecified atom stereocenters. The Morgan fingerprint density at radius 1 is 1.29 bits per heavy atom. The van der Waals surface area contributed by atoms with Gasteiger partial charge in [0.15, 0.2) is 10.6 Å². The van der Waals surface area contributed by atoms with Gasteiger partial charge in [0.2, 0.25) is 0 Å². The molecule has 0 aromatic rings. The lowest BCUT2D eigenvalue weighted by atomic mass is 10.1. The van der Waals surface area contributed by atoms with Gasteiger partial charge >= 0.3 is 0 Å². The fourth-order valence-corrected chi connectivity index (χ4v) is 1.09. The van der Waals surface area contributed by atoms with Crippen molar-refractivity contribution in [1.82, 2.24) is 0 Å². The Bertz CT molecular complexity index is 248. The van der Waals surface area contributed by atoms with Gasteiger partial charge < -0.3 is 0 Å². The summed E-state index contributed by atoms with van der Waals surface area (Å²) in [6.07, 6.45) is 5.48. The summed E-state index contributed by atoms with van der Waals surface area (Å²) in [6.45, 7) is 6.02. The van der Waals surface area contributed by atoms with Gasteiger partial charge in [0.05, 0.1) is 0 Å². The van der Waals surface area contributed by atoms with E-state index in [2.05, 4.69) is 19.9 Å². The summed E-state index contributed by atoms with van der Waals surface area (Å²) in [7, 11) is 0. The Morgan fingerprint density at radius 3 is 2.29 bits per heavy atom. The number of carbonyl (C=O) groups excluding carboxylic acids is 1. The maximum Gasteiger partial charge on any atom is 0.188 e. The van der Waals surface area contributed by atoms with E-state index in [1.807, 2.05) is 6.92 Å². The molecule has 0 saturated carbocycles. The number of hydrogen-bond acceptors (Lipinski definition) is 1. The van der Waals surface area contributed by atoms with Crippen molar-refractivity contribution < 1.29 is 4.79 Å². The van der Waals surface area contributed by atoms with E-state index in [1.54, 1.807) is 0 Å². The number of allylic oxidation sites excluding steroid dienone is 4. The van der Waals surface area contributed by atoms with E-state index in [1.165, 1.54) is 11.6 Å². The largest absolute Gasteiger partial charge is 0.292 e. The van der Waals surface area contributed by atoms with E-state index >= 15 is 0 Å². The lowest BCUT2D eigenvalue weighted by Crippen LogP contribution is -2.03. The lowest BCUT2D eigenvalue weighted by Gasteiger charge is -1.99. The normalized spacial score (nSPS) is 11.7. The Labute approximate surface area is 95.8 Å². The van der Waals surface area contributed by atoms with E-state index in [4.69, 9.17) is 23.2 Å². The van der Waals surface area contributed by atoms with Crippen molar-refractivity contribution in [2.75, 3.05) is 0 Å². The van der Waals surface area contributed by atoms with E-state index in [0.717, 1.165) is 18.4 Å². The van der Waals surface area contributed by atoms with Gasteiger partial charge in [-0.2, -0.15) is 0 Å². The van der Waals surface area contributed by atoms with Crippen LogP contribution in [0.15, 0.2) is 23.3 Å². The van der Waals surface area contributed by atoms with Crippen LogP contribution in [-0.2, 0) is 4.79 Å². The number of halogens is 2. The third kappa shape index (κ3) is 7.16. The van der Waals surface area contributed by atoms with Crippen LogP contribution in [0.1, 0.15) is 33.6 Å². The Morgan fingerprint density at radius 2 is 1.86 bits per heavy atom. The second-order valence-electron chi connectivity index (χ2n) is 3.51. The van der Waals surface area contributed by atoms with Crippen LogP contribution < -0.4 is 0 Å². The molecule has 0 N–H and O–H groups in total. The molecule has 0 aliphatic carbocycles. The number of rotatable bonds is 5. The molecule has 0 saturated heterocycles. The van der Waals surface area contributed by atoms with Crippen molar-refractivity contribution >= 4 is 29.0 Å². The topological polar surface area (TPSA) is 17.1 Å². The molecule has 0 radical (unpaired) electrons. The highest BCUT2D eigenvalue weighted by atomic mass is 35.5. The molecular formula is C11H16Cl2O. The molecule has 0 fully saturated rings. The van der Waals surface area contributed by atoms with Crippen LogP contribution in [0.5, 0.6) is 0 Å². The number of carbonyl (C=O) groups is 1. The van der Waals surface area contributed by atoms with Crippen molar-refractivity contribution in [3.05, 3.63) is 23.3 Å². The molecule has 0 aromatic heterocycles. The summed E-state index contributed by atoms with van der Waals surface area (Å²) in [6, 6.07) is 0. The zero-order valence-corrected chi connectivity index (χ0v) is 10.3. The predicted octanol–water partition coefficient (Wildman–Crippen LogP) is 4.05. The van der Waals surface area contributed by atoms with Gasteiger partial charge in [0.1, 0.15) is 0 Å². The smallest absolute Gasteiger partial charge is 0.188 e. The average Bonchev–Trinajstić information content (AvgIpc) is 2.02. The number of alkyl halides is 2. The second-order valence-corrected chi connectivity index (χ2v) is 4.61. The minimum absolute atomic E-state index is 0.233. The SMILES string of the molecule is CC(C)=CCCC(C)=CC(=O)C(Cl)Cl. The van der Waals surface area contributed by atoms with E-state index in [9.17, 15) is 4.79 Å². The highest BCUT2D eigenvalue weighted by molar-refractivity contribution is 6.54. The maximum absolute atomic E-state index is 11.1. The highest BCUT2D eigenvalue weighted by Gasteiger charge is 2.07. The van der Waals surface area contributed by atoms with Crippen LogP contribution >= 0.6 is 23.2 Å².